The predicted molar refractivity (Wildman–Crippen MR) is 107 cm³/mol. The number of carbonyl (C=O) groups excluding carboxylic acids is 1. The zero-order valence-electron chi connectivity index (χ0n) is 15.0. The van der Waals surface area contributed by atoms with Crippen molar-refractivity contribution in [3.63, 3.8) is 0 Å². The predicted octanol–water partition coefficient (Wildman–Crippen LogP) is 4.13. The van der Waals surface area contributed by atoms with Crippen LogP contribution in [0.4, 0.5) is 0 Å². The summed E-state index contributed by atoms with van der Waals surface area (Å²) >= 11 is 11.9. The van der Waals surface area contributed by atoms with E-state index in [1.54, 1.807) is 25.1 Å². The first-order chi connectivity index (χ1) is 13.5. The number of hydrogen-bond donors (Lipinski definition) is 2. The van der Waals surface area contributed by atoms with Crippen LogP contribution in [0.5, 0.6) is 5.75 Å². The SMILES string of the molecule is Cc1oc(-c2ccccc2)nc1C(=O)NCC(O)COc1cccc(Cl)c1Cl. The molecule has 2 aromatic carbocycles. The van der Waals surface area contributed by atoms with Crippen LogP contribution in [-0.4, -0.2) is 35.3 Å². The number of nitrogens with zero attached hydrogens (tertiary/aromatic N) is 1. The molecule has 3 rings (SSSR count). The maximum absolute atomic E-state index is 12.4. The zero-order valence-corrected chi connectivity index (χ0v) is 16.5. The topological polar surface area (TPSA) is 84.6 Å². The van der Waals surface area contributed by atoms with Gasteiger partial charge in [0.2, 0.25) is 5.89 Å². The van der Waals surface area contributed by atoms with Crippen LogP contribution in [-0.2, 0) is 0 Å². The molecule has 0 aliphatic heterocycles. The number of nitrogens with one attached hydrogen (secondary N) is 1. The standard InChI is InChI=1S/C20H18Cl2N2O4/c1-12-18(24-20(28-12)13-6-3-2-4-7-13)19(26)23-10-14(25)11-27-16-9-5-8-15(21)17(16)22/h2-9,14,25H,10-11H2,1H3,(H,23,26). The number of benzene rings is 2. The van der Waals surface area contributed by atoms with Gasteiger partial charge in [0, 0.05) is 12.1 Å². The number of rotatable bonds is 7. The summed E-state index contributed by atoms with van der Waals surface area (Å²) in [6.07, 6.45) is -0.945. The molecule has 28 heavy (non-hydrogen) atoms. The van der Waals surface area contributed by atoms with Crippen molar-refractivity contribution in [3.05, 3.63) is 70.0 Å². The van der Waals surface area contributed by atoms with Crippen molar-refractivity contribution in [2.45, 2.75) is 13.0 Å². The van der Waals surface area contributed by atoms with Crippen molar-refractivity contribution in [1.29, 1.82) is 0 Å². The van der Waals surface area contributed by atoms with Crippen LogP contribution in [0.25, 0.3) is 11.5 Å². The molecule has 3 aromatic rings. The van der Waals surface area contributed by atoms with E-state index in [1.807, 2.05) is 30.3 Å². The van der Waals surface area contributed by atoms with E-state index in [0.29, 0.717) is 22.4 Å². The van der Waals surface area contributed by atoms with Gasteiger partial charge in [0.25, 0.3) is 5.91 Å². The fourth-order valence-corrected chi connectivity index (χ4v) is 2.79. The van der Waals surface area contributed by atoms with Gasteiger partial charge in [0.15, 0.2) is 5.69 Å². The molecule has 0 aliphatic carbocycles. The molecule has 0 saturated heterocycles. The number of ether oxygens (including phenoxy) is 1. The summed E-state index contributed by atoms with van der Waals surface area (Å²) in [6.45, 7) is 1.58. The summed E-state index contributed by atoms with van der Waals surface area (Å²) in [5.74, 6) is 0.679. The first-order valence-corrected chi connectivity index (χ1v) is 9.27. The Labute approximate surface area is 172 Å². The summed E-state index contributed by atoms with van der Waals surface area (Å²) < 4.78 is 11.0. The quantitative estimate of drug-likeness (QED) is 0.600. The summed E-state index contributed by atoms with van der Waals surface area (Å²) in [7, 11) is 0. The minimum absolute atomic E-state index is 0.0238. The first-order valence-electron chi connectivity index (χ1n) is 8.51. The van der Waals surface area contributed by atoms with Gasteiger partial charge in [-0.1, -0.05) is 47.5 Å². The van der Waals surface area contributed by atoms with Crippen molar-refractivity contribution in [2.24, 2.45) is 0 Å². The van der Waals surface area contributed by atoms with E-state index >= 15 is 0 Å². The van der Waals surface area contributed by atoms with E-state index in [4.69, 9.17) is 32.4 Å². The Morgan fingerprint density at radius 1 is 1.21 bits per heavy atom. The van der Waals surface area contributed by atoms with Gasteiger partial charge in [-0.3, -0.25) is 4.79 Å². The van der Waals surface area contributed by atoms with Gasteiger partial charge in [-0.15, -0.1) is 0 Å². The molecule has 0 saturated carbocycles. The number of aliphatic hydroxyl groups excluding tert-OH is 1. The second-order valence-electron chi connectivity index (χ2n) is 6.02. The van der Waals surface area contributed by atoms with Crippen molar-refractivity contribution >= 4 is 29.1 Å². The molecule has 8 heteroatoms. The van der Waals surface area contributed by atoms with Crippen molar-refractivity contribution in [1.82, 2.24) is 10.3 Å². The molecule has 1 aromatic heterocycles. The number of halogens is 2. The second-order valence-corrected chi connectivity index (χ2v) is 6.80. The number of hydrogen-bond acceptors (Lipinski definition) is 5. The zero-order chi connectivity index (χ0) is 20.1. The minimum atomic E-state index is -0.945. The fraction of sp³-hybridized carbons (Fsp3) is 0.200. The summed E-state index contributed by atoms with van der Waals surface area (Å²) in [6, 6.07) is 14.3. The summed E-state index contributed by atoms with van der Waals surface area (Å²) in [4.78, 5) is 16.6. The minimum Gasteiger partial charge on any atom is -0.489 e. The average molecular weight is 421 g/mol. The Balaban J connectivity index is 1.55. The van der Waals surface area contributed by atoms with Crippen LogP contribution >= 0.6 is 23.2 Å². The lowest BCUT2D eigenvalue weighted by Gasteiger charge is -2.14. The van der Waals surface area contributed by atoms with Crippen LogP contribution in [0.3, 0.4) is 0 Å². The summed E-state index contributed by atoms with van der Waals surface area (Å²) in [5.41, 5.74) is 0.946. The van der Waals surface area contributed by atoms with E-state index in [-0.39, 0.29) is 23.9 Å². The molecule has 0 aliphatic rings. The highest BCUT2D eigenvalue weighted by atomic mass is 35.5. The van der Waals surface area contributed by atoms with Gasteiger partial charge in [-0.25, -0.2) is 4.98 Å². The maximum atomic E-state index is 12.4. The lowest BCUT2D eigenvalue weighted by Crippen LogP contribution is -2.35. The number of aliphatic hydroxyl groups is 1. The Kier molecular flexibility index (Phi) is 6.57. The van der Waals surface area contributed by atoms with E-state index in [0.717, 1.165) is 5.56 Å². The fourth-order valence-electron chi connectivity index (χ4n) is 2.45. The van der Waals surface area contributed by atoms with Gasteiger partial charge < -0.3 is 19.6 Å². The van der Waals surface area contributed by atoms with Crippen LogP contribution in [0.1, 0.15) is 16.2 Å². The van der Waals surface area contributed by atoms with E-state index < -0.39 is 12.0 Å². The summed E-state index contributed by atoms with van der Waals surface area (Å²) in [5, 5.41) is 13.3. The molecule has 2 N–H and O–H groups in total. The van der Waals surface area contributed by atoms with Crippen LogP contribution in [0.15, 0.2) is 52.9 Å². The molecule has 1 heterocycles. The number of aryl methyl sites for hydroxylation is 1. The molecular formula is C20H18Cl2N2O4. The molecular weight excluding hydrogens is 403 g/mol. The number of aromatic nitrogens is 1. The molecule has 1 atom stereocenters. The van der Waals surface area contributed by atoms with E-state index in [9.17, 15) is 9.90 Å². The highest BCUT2D eigenvalue weighted by Gasteiger charge is 2.19. The molecule has 0 radical (unpaired) electrons. The Morgan fingerprint density at radius 2 is 1.96 bits per heavy atom. The van der Waals surface area contributed by atoms with Gasteiger partial charge in [0.05, 0.1) is 5.02 Å². The lowest BCUT2D eigenvalue weighted by atomic mass is 10.2. The highest BCUT2D eigenvalue weighted by molar-refractivity contribution is 6.42. The number of amides is 1. The number of carbonyl (C=O) groups is 1. The van der Waals surface area contributed by atoms with Gasteiger partial charge in [0.1, 0.15) is 29.2 Å². The molecule has 1 unspecified atom stereocenters. The monoisotopic (exact) mass is 420 g/mol. The van der Waals surface area contributed by atoms with Gasteiger partial charge in [-0.05, 0) is 31.2 Å². The van der Waals surface area contributed by atoms with Crippen LogP contribution in [0, 0.1) is 6.92 Å². The third-order valence-corrected chi connectivity index (χ3v) is 4.68. The van der Waals surface area contributed by atoms with E-state index in [1.165, 1.54) is 0 Å². The van der Waals surface area contributed by atoms with Crippen molar-refractivity contribution in [2.75, 3.05) is 13.2 Å². The third kappa shape index (κ3) is 4.84. The second kappa shape index (κ2) is 9.10. The molecule has 0 fully saturated rings. The molecule has 146 valence electrons. The van der Waals surface area contributed by atoms with Crippen molar-refractivity contribution < 1.29 is 19.1 Å². The Hall–Kier alpha value is -2.54. The maximum Gasteiger partial charge on any atom is 0.273 e. The molecule has 0 spiro atoms. The average Bonchev–Trinajstić information content (AvgIpc) is 3.09. The van der Waals surface area contributed by atoms with Gasteiger partial charge in [-0.2, -0.15) is 0 Å². The smallest absolute Gasteiger partial charge is 0.273 e. The van der Waals surface area contributed by atoms with Crippen molar-refractivity contribution in [3.8, 4) is 17.2 Å². The van der Waals surface area contributed by atoms with Gasteiger partial charge >= 0.3 is 0 Å². The van der Waals surface area contributed by atoms with E-state index in [2.05, 4.69) is 10.3 Å². The highest BCUT2D eigenvalue weighted by Crippen LogP contribution is 2.31. The molecule has 1 amide bonds. The van der Waals surface area contributed by atoms with Crippen LogP contribution < -0.4 is 10.1 Å². The largest absolute Gasteiger partial charge is 0.489 e. The third-order valence-electron chi connectivity index (χ3n) is 3.88. The Bertz CT molecular complexity index is 960. The van der Waals surface area contributed by atoms with Crippen LogP contribution in [0.2, 0.25) is 10.0 Å². The molecule has 6 nitrogen and oxygen atoms in total. The first kappa shape index (κ1) is 20.2. The normalized spacial score (nSPS) is 11.9. The Morgan fingerprint density at radius 3 is 2.71 bits per heavy atom. The molecule has 0 bridgehead atoms. The number of oxazole rings is 1. The lowest BCUT2D eigenvalue weighted by molar-refractivity contribution is 0.0839.